The molecular weight excluding hydrogens is 476 g/mol. The molecule has 0 saturated heterocycles. The standard InChI is InChI=1S/C28H29BrN2O2/c1-17(2)25-16-31(4)27-22(25)13-21(29)14-23(27)28(33)30-15-24-20(10-18(3)11-26(24)32)12-19-8-6-5-7-9-19/h5-10,13-14,16-17H,11-12,15H2,1-4H3,(H,30,33). The largest absolute Gasteiger partial charge is 0.350 e. The molecule has 0 saturated carbocycles. The van der Waals surface area contributed by atoms with Gasteiger partial charge in [0.05, 0.1) is 11.1 Å². The van der Waals surface area contributed by atoms with Crippen LogP contribution in [0.15, 0.2) is 75.9 Å². The van der Waals surface area contributed by atoms with Gasteiger partial charge in [-0.25, -0.2) is 0 Å². The molecule has 0 atom stereocenters. The molecule has 0 aliphatic heterocycles. The monoisotopic (exact) mass is 504 g/mol. The number of fused-ring (bicyclic) bond motifs is 1. The van der Waals surface area contributed by atoms with Crippen molar-refractivity contribution in [2.45, 2.75) is 39.5 Å². The van der Waals surface area contributed by atoms with Crippen molar-refractivity contribution < 1.29 is 9.59 Å². The molecular formula is C28H29BrN2O2. The molecule has 170 valence electrons. The minimum atomic E-state index is -0.177. The van der Waals surface area contributed by atoms with Gasteiger partial charge in [-0.15, -0.1) is 0 Å². The first-order valence-electron chi connectivity index (χ1n) is 11.3. The summed E-state index contributed by atoms with van der Waals surface area (Å²) in [4.78, 5) is 26.2. The Morgan fingerprint density at radius 2 is 1.91 bits per heavy atom. The van der Waals surface area contributed by atoms with Gasteiger partial charge in [0.15, 0.2) is 5.78 Å². The highest BCUT2D eigenvalue weighted by Gasteiger charge is 2.22. The lowest BCUT2D eigenvalue weighted by atomic mass is 9.88. The average molecular weight is 505 g/mol. The number of aryl methyl sites for hydroxylation is 1. The molecule has 3 aromatic rings. The normalized spacial score (nSPS) is 14.2. The molecule has 0 radical (unpaired) electrons. The van der Waals surface area contributed by atoms with Gasteiger partial charge in [-0.1, -0.05) is 71.8 Å². The lowest BCUT2D eigenvalue weighted by Gasteiger charge is -2.19. The van der Waals surface area contributed by atoms with Crippen LogP contribution in [0.2, 0.25) is 0 Å². The number of Topliss-reactive ketones (excluding diaryl/α,β-unsaturated/α-hetero) is 1. The van der Waals surface area contributed by atoms with E-state index in [1.807, 2.05) is 42.8 Å². The van der Waals surface area contributed by atoms with Crippen molar-refractivity contribution in [1.82, 2.24) is 9.88 Å². The number of nitrogens with zero attached hydrogens (tertiary/aromatic N) is 1. The summed E-state index contributed by atoms with van der Waals surface area (Å²) in [5.41, 5.74) is 6.60. The zero-order valence-corrected chi connectivity index (χ0v) is 21.1. The second-order valence-corrected chi connectivity index (χ2v) is 10.1. The molecule has 0 fully saturated rings. The van der Waals surface area contributed by atoms with E-state index in [1.54, 1.807) is 0 Å². The van der Waals surface area contributed by atoms with E-state index in [9.17, 15) is 9.59 Å². The van der Waals surface area contributed by atoms with Gasteiger partial charge in [0.1, 0.15) is 0 Å². The summed E-state index contributed by atoms with van der Waals surface area (Å²) < 4.78 is 2.88. The van der Waals surface area contributed by atoms with Gasteiger partial charge in [0, 0.05) is 41.6 Å². The Balaban J connectivity index is 1.65. The topological polar surface area (TPSA) is 51.1 Å². The highest BCUT2D eigenvalue weighted by Crippen LogP contribution is 2.32. The number of aromatic nitrogens is 1. The second-order valence-electron chi connectivity index (χ2n) is 9.14. The van der Waals surface area contributed by atoms with Crippen molar-refractivity contribution in [2.75, 3.05) is 6.54 Å². The van der Waals surface area contributed by atoms with Gasteiger partial charge >= 0.3 is 0 Å². The van der Waals surface area contributed by atoms with Gasteiger partial charge in [0.25, 0.3) is 5.91 Å². The predicted octanol–water partition coefficient (Wildman–Crippen LogP) is 6.25. The van der Waals surface area contributed by atoms with E-state index in [2.05, 4.69) is 65.6 Å². The summed E-state index contributed by atoms with van der Waals surface area (Å²) in [6, 6.07) is 14.0. The number of amides is 1. The van der Waals surface area contributed by atoms with Crippen molar-refractivity contribution in [3.05, 3.63) is 92.6 Å². The van der Waals surface area contributed by atoms with Crippen molar-refractivity contribution >= 4 is 38.5 Å². The van der Waals surface area contributed by atoms with Crippen LogP contribution in [0, 0.1) is 0 Å². The smallest absolute Gasteiger partial charge is 0.253 e. The first-order chi connectivity index (χ1) is 15.7. The Hall–Kier alpha value is -2.92. The molecule has 1 aliphatic rings. The first-order valence-corrected chi connectivity index (χ1v) is 12.1. The molecule has 1 amide bonds. The molecule has 33 heavy (non-hydrogen) atoms. The molecule has 5 heteroatoms. The van der Waals surface area contributed by atoms with E-state index < -0.39 is 0 Å². The van der Waals surface area contributed by atoms with Crippen LogP contribution in [0.5, 0.6) is 0 Å². The summed E-state index contributed by atoms with van der Waals surface area (Å²) in [5, 5.41) is 4.11. The maximum Gasteiger partial charge on any atom is 0.253 e. The molecule has 0 unspecified atom stereocenters. The van der Waals surface area contributed by atoms with E-state index in [4.69, 9.17) is 0 Å². The van der Waals surface area contributed by atoms with E-state index >= 15 is 0 Å². The quantitative estimate of drug-likeness (QED) is 0.431. The molecule has 1 aromatic heterocycles. The van der Waals surface area contributed by atoms with Crippen LogP contribution < -0.4 is 5.32 Å². The third kappa shape index (κ3) is 4.88. The zero-order valence-electron chi connectivity index (χ0n) is 19.5. The summed E-state index contributed by atoms with van der Waals surface area (Å²) in [6.45, 7) is 6.51. The fraction of sp³-hybridized carbons (Fsp3) is 0.286. The second kappa shape index (κ2) is 9.52. The Labute approximate surface area is 203 Å². The number of carbonyl (C=O) groups is 2. The maximum absolute atomic E-state index is 13.3. The molecule has 1 N–H and O–H groups in total. The van der Waals surface area contributed by atoms with Crippen molar-refractivity contribution in [3.8, 4) is 0 Å². The maximum atomic E-state index is 13.3. The van der Waals surface area contributed by atoms with Crippen LogP contribution in [-0.4, -0.2) is 22.8 Å². The average Bonchev–Trinajstić information content (AvgIpc) is 3.09. The lowest BCUT2D eigenvalue weighted by molar-refractivity contribution is -0.115. The minimum Gasteiger partial charge on any atom is -0.350 e. The van der Waals surface area contributed by atoms with Crippen LogP contribution in [0.25, 0.3) is 10.9 Å². The molecule has 2 aromatic carbocycles. The predicted molar refractivity (Wildman–Crippen MR) is 138 cm³/mol. The fourth-order valence-corrected chi connectivity index (χ4v) is 5.06. The number of halogens is 1. The van der Waals surface area contributed by atoms with Crippen LogP contribution in [0.4, 0.5) is 0 Å². The molecule has 0 spiro atoms. The van der Waals surface area contributed by atoms with Crippen LogP contribution in [0.3, 0.4) is 0 Å². The van der Waals surface area contributed by atoms with Crippen molar-refractivity contribution in [3.63, 3.8) is 0 Å². The number of hydrogen-bond acceptors (Lipinski definition) is 2. The van der Waals surface area contributed by atoms with Gasteiger partial charge in [-0.05, 0) is 48.1 Å². The van der Waals surface area contributed by atoms with Gasteiger partial charge in [-0.2, -0.15) is 0 Å². The summed E-state index contributed by atoms with van der Waals surface area (Å²) in [5.74, 6) is 0.254. The molecule has 4 rings (SSSR count). The SMILES string of the molecule is CC1=CC(Cc2ccccc2)=C(CNC(=O)c2cc(Br)cc3c(C(C)C)cn(C)c23)C(=O)C1. The Kier molecular flexibility index (Phi) is 6.71. The van der Waals surface area contributed by atoms with Gasteiger partial charge in [0.2, 0.25) is 0 Å². The molecule has 1 heterocycles. The van der Waals surface area contributed by atoms with Crippen LogP contribution in [0.1, 0.15) is 54.6 Å². The van der Waals surface area contributed by atoms with E-state index in [1.165, 1.54) is 5.56 Å². The third-order valence-corrected chi connectivity index (χ3v) is 6.64. The zero-order chi connectivity index (χ0) is 23.7. The van der Waals surface area contributed by atoms with Crippen LogP contribution >= 0.6 is 15.9 Å². The van der Waals surface area contributed by atoms with Crippen LogP contribution in [-0.2, 0) is 18.3 Å². The highest BCUT2D eigenvalue weighted by molar-refractivity contribution is 9.10. The van der Waals surface area contributed by atoms with Gasteiger partial charge < -0.3 is 9.88 Å². The summed E-state index contributed by atoms with van der Waals surface area (Å²) in [7, 11) is 1.97. The Morgan fingerprint density at radius 3 is 2.61 bits per heavy atom. The summed E-state index contributed by atoms with van der Waals surface area (Å²) in [6.07, 6.45) is 5.27. The van der Waals surface area contributed by atoms with E-state index in [-0.39, 0.29) is 18.2 Å². The van der Waals surface area contributed by atoms with E-state index in [0.717, 1.165) is 32.1 Å². The number of ketones is 1. The number of carbonyl (C=O) groups excluding carboxylic acids is 2. The minimum absolute atomic E-state index is 0.0848. The number of hydrogen-bond donors (Lipinski definition) is 1. The molecule has 0 bridgehead atoms. The number of rotatable bonds is 6. The Morgan fingerprint density at radius 1 is 1.18 bits per heavy atom. The fourth-order valence-electron chi connectivity index (χ4n) is 4.60. The first kappa shape index (κ1) is 23.2. The Bertz CT molecular complexity index is 1300. The molecule has 4 nitrogen and oxygen atoms in total. The van der Waals surface area contributed by atoms with Gasteiger partial charge in [-0.3, -0.25) is 9.59 Å². The lowest BCUT2D eigenvalue weighted by Crippen LogP contribution is -2.30. The summed E-state index contributed by atoms with van der Waals surface area (Å²) >= 11 is 3.57. The highest BCUT2D eigenvalue weighted by atomic mass is 79.9. The number of nitrogens with one attached hydrogen (secondary N) is 1. The number of benzene rings is 2. The van der Waals surface area contributed by atoms with Crippen molar-refractivity contribution in [2.24, 2.45) is 7.05 Å². The number of allylic oxidation sites excluding steroid dienone is 3. The van der Waals surface area contributed by atoms with Crippen molar-refractivity contribution in [1.29, 1.82) is 0 Å². The molecule has 1 aliphatic carbocycles. The van der Waals surface area contributed by atoms with E-state index in [0.29, 0.717) is 29.9 Å². The third-order valence-electron chi connectivity index (χ3n) is 6.19.